The van der Waals surface area contributed by atoms with Crippen molar-refractivity contribution in [2.45, 2.75) is 25.7 Å². The zero-order valence-electron chi connectivity index (χ0n) is 8.96. The molecular weight excluding hydrogens is 196 g/mol. The minimum atomic E-state index is -0.329. The lowest BCUT2D eigenvalue weighted by atomic mass is 10.2. The van der Waals surface area contributed by atoms with E-state index in [1.165, 1.54) is 6.08 Å². The van der Waals surface area contributed by atoms with E-state index < -0.39 is 0 Å². The first-order chi connectivity index (χ1) is 6.81. The minimum absolute atomic E-state index is 0.329. The number of esters is 1. The quantitative estimate of drug-likeness (QED) is 0.245. The van der Waals surface area contributed by atoms with Gasteiger partial charge in [0, 0.05) is 29.2 Å². The molecule has 3 nitrogen and oxygen atoms in total. The number of rotatable bonds is 9. The molecule has 0 aromatic rings. The maximum atomic E-state index is 10.6. The molecule has 0 aromatic heterocycles. The Labute approximate surface area is 88.9 Å². The Bertz CT molecular complexity index is 159. The van der Waals surface area contributed by atoms with Gasteiger partial charge in [-0.3, -0.25) is 0 Å². The molecule has 0 aromatic carbocycles. The molecule has 0 atom stereocenters. The maximum Gasteiger partial charge on any atom is 0.330 e. The van der Waals surface area contributed by atoms with Crippen molar-refractivity contribution in [3.63, 3.8) is 0 Å². The van der Waals surface area contributed by atoms with Crippen LogP contribution in [0.25, 0.3) is 0 Å². The topological polar surface area (TPSA) is 35.5 Å². The van der Waals surface area contributed by atoms with E-state index in [2.05, 4.69) is 6.58 Å². The highest BCUT2D eigenvalue weighted by Crippen LogP contribution is 2.00. The van der Waals surface area contributed by atoms with Crippen LogP contribution in [-0.4, -0.2) is 35.7 Å². The van der Waals surface area contributed by atoms with E-state index in [0.717, 1.165) is 48.8 Å². The van der Waals surface area contributed by atoms with Crippen molar-refractivity contribution in [1.29, 1.82) is 0 Å². The van der Waals surface area contributed by atoms with E-state index in [0.29, 0.717) is 6.61 Å². The van der Waals surface area contributed by atoms with Gasteiger partial charge in [-0.1, -0.05) is 13.0 Å². The average molecular weight is 216 g/mol. The predicted octanol–water partition coefficient (Wildman–Crippen LogP) is 0.615. The fraction of sp³-hybridized carbons (Fsp3) is 0.700. The summed E-state index contributed by atoms with van der Waals surface area (Å²) in [7, 11) is 1.12. The van der Waals surface area contributed by atoms with Gasteiger partial charge in [-0.25, -0.2) is 4.79 Å². The fourth-order valence-electron chi connectivity index (χ4n) is 1.04. The van der Waals surface area contributed by atoms with Crippen molar-refractivity contribution in [3.05, 3.63) is 12.7 Å². The fourth-order valence-corrected chi connectivity index (χ4v) is 1.32. The van der Waals surface area contributed by atoms with E-state index in [-0.39, 0.29) is 5.97 Å². The molecule has 14 heavy (non-hydrogen) atoms. The molecule has 0 aliphatic heterocycles. The van der Waals surface area contributed by atoms with Gasteiger partial charge in [0.2, 0.25) is 0 Å². The molecule has 4 heteroatoms. The minimum Gasteiger partial charge on any atom is -0.463 e. The number of ether oxygens (including phenoxy) is 2. The lowest BCUT2D eigenvalue weighted by Crippen LogP contribution is -2.02. The van der Waals surface area contributed by atoms with Gasteiger partial charge in [0.05, 0.1) is 6.61 Å². The lowest BCUT2D eigenvalue weighted by Gasteiger charge is -2.02. The monoisotopic (exact) mass is 216 g/mol. The van der Waals surface area contributed by atoms with Gasteiger partial charge in [0.1, 0.15) is 0 Å². The first-order valence-corrected chi connectivity index (χ1v) is 6.59. The van der Waals surface area contributed by atoms with Crippen LogP contribution in [0, 0.1) is 0 Å². The van der Waals surface area contributed by atoms with Crippen LogP contribution in [-0.2, 0) is 14.3 Å². The van der Waals surface area contributed by atoms with E-state index in [1.807, 2.05) is 0 Å². The normalized spacial score (nSPS) is 10.0. The third-order valence-corrected chi connectivity index (χ3v) is 2.21. The Hall–Kier alpha value is -0.613. The van der Waals surface area contributed by atoms with Gasteiger partial charge in [0.15, 0.2) is 0 Å². The number of carbonyl (C=O) groups excluding carboxylic acids is 1. The Morgan fingerprint density at radius 3 is 2.43 bits per heavy atom. The summed E-state index contributed by atoms with van der Waals surface area (Å²) in [5.74, 6) is -0.329. The van der Waals surface area contributed by atoms with Crippen LogP contribution < -0.4 is 0 Å². The number of unbranched alkanes of at least 4 members (excludes halogenated alkanes) is 3. The second-order valence-electron chi connectivity index (χ2n) is 2.98. The van der Waals surface area contributed by atoms with Gasteiger partial charge >= 0.3 is 5.97 Å². The summed E-state index contributed by atoms with van der Waals surface area (Å²) in [6, 6.07) is 0. The van der Waals surface area contributed by atoms with Gasteiger partial charge in [-0.2, -0.15) is 0 Å². The third-order valence-electron chi connectivity index (χ3n) is 1.80. The van der Waals surface area contributed by atoms with Crippen LogP contribution in [0.2, 0.25) is 0 Å². The second kappa shape index (κ2) is 10.5. The highest BCUT2D eigenvalue weighted by Gasteiger charge is 1.94. The molecule has 0 unspecified atom stereocenters. The van der Waals surface area contributed by atoms with Gasteiger partial charge in [0.25, 0.3) is 0 Å². The highest BCUT2D eigenvalue weighted by molar-refractivity contribution is 6.08. The Morgan fingerprint density at radius 1 is 1.21 bits per heavy atom. The van der Waals surface area contributed by atoms with Crippen molar-refractivity contribution in [2.75, 3.05) is 19.4 Å². The molecule has 0 amide bonds. The van der Waals surface area contributed by atoms with E-state index in [9.17, 15) is 4.79 Å². The molecule has 0 radical (unpaired) electrons. The molecule has 0 N–H and O–H groups in total. The summed E-state index contributed by atoms with van der Waals surface area (Å²) in [5, 5.41) is 0. The van der Waals surface area contributed by atoms with Crippen LogP contribution in [0.5, 0.6) is 0 Å². The Morgan fingerprint density at radius 2 is 1.86 bits per heavy atom. The molecule has 0 aliphatic rings. The molecule has 0 rings (SSSR count). The van der Waals surface area contributed by atoms with Crippen LogP contribution in [0.4, 0.5) is 0 Å². The summed E-state index contributed by atoms with van der Waals surface area (Å²) in [5.41, 5.74) is 0. The average Bonchev–Trinajstić information content (AvgIpc) is 2.21. The first kappa shape index (κ1) is 13.4. The third kappa shape index (κ3) is 9.47. The lowest BCUT2D eigenvalue weighted by molar-refractivity contribution is -0.137. The number of carbonyl (C=O) groups is 1. The highest BCUT2D eigenvalue weighted by atomic mass is 28.1. The van der Waals surface area contributed by atoms with Gasteiger partial charge in [-0.05, 0) is 19.3 Å². The zero-order chi connectivity index (χ0) is 10.6. The molecular formula is C10H20O3Si. The summed E-state index contributed by atoms with van der Waals surface area (Å²) < 4.78 is 10.1. The molecule has 0 heterocycles. The van der Waals surface area contributed by atoms with Crippen molar-refractivity contribution in [2.24, 2.45) is 0 Å². The van der Waals surface area contributed by atoms with Crippen molar-refractivity contribution < 1.29 is 14.3 Å². The van der Waals surface area contributed by atoms with Gasteiger partial charge < -0.3 is 9.47 Å². The second-order valence-corrected chi connectivity index (χ2v) is 3.56. The van der Waals surface area contributed by atoms with E-state index in [4.69, 9.17) is 9.47 Å². The molecule has 0 spiro atoms. The predicted molar refractivity (Wildman–Crippen MR) is 60.4 cm³/mol. The van der Waals surface area contributed by atoms with Crippen molar-refractivity contribution in [3.8, 4) is 0 Å². The first-order valence-electron chi connectivity index (χ1n) is 5.18. The number of hydrogen-bond acceptors (Lipinski definition) is 3. The molecule has 82 valence electrons. The Kier molecular flexibility index (Phi) is 10.0. The standard InChI is InChI=1S/C10H20O3Si/c1-2-10(11)13-8-6-4-3-5-7-12-9-14/h2H,1,3-9H2,14H3. The maximum absolute atomic E-state index is 10.6. The zero-order valence-corrected chi connectivity index (χ0v) is 11.0. The summed E-state index contributed by atoms with van der Waals surface area (Å²) >= 11 is 0. The molecule has 0 bridgehead atoms. The largest absolute Gasteiger partial charge is 0.463 e. The van der Waals surface area contributed by atoms with Crippen molar-refractivity contribution >= 4 is 16.2 Å². The van der Waals surface area contributed by atoms with Crippen LogP contribution >= 0.6 is 0 Å². The van der Waals surface area contributed by atoms with Crippen molar-refractivity contribution in [1.82, 2.24) is 0 Å². The van der Waals surface area contributed by atoms with Gasteiger partial charge in [-0.15, -0.1) is 0 Å². The Balaban J connectivity index is 2.99. The van der Waals surface area contributed by atoms with Crippen LogP contribution in [0.15, 0.2) is 12.7 Å². The summed E-state index contributed by atoms with van der Waals surface area (Å²) in [6.45, 7) is 4.70. The van der Waals surface area contributed by atoms with Crippen LogP contribution in [0.3, 0.4) is 0 Å². The molecule has 0 aliphatic carbocycles. The molecule has 0 fully saturated rings. The number of hydrogen-bond donors (Lipinski definition) is 0. The molecule has 0 saturated heterocycles. The van der Waals surface area contributed by atoms with Crippen LogP contribution in [0.1, 0.15) is 25.7 Å². The SMILES string of the molecule is C=CC(=O)OCCCCCCOC[SiH3]. The van der Waals surface area contributed by atoms with E-state index >= 15 is 0 Å². The summed E-state index contributed by atoms with van der Waals surface area (Å²) in [6.07, 6.45) is 6.40. The van der Waals surface area contributed by atoms with E-state index in [1.54, 1.807) is 0 Å². The molecule has 0 saturated carbocycles. The summed E-state index contributed by atoms with van der Waals surface area (Å²) in [4.78, 5) is 10.6. The smallest absolute Gasteiger partial charge is 0.330 e.